The highest BCUT2D eigenvalue weighted by Gasteiger charge is 2.37. The molecule has 0 atom stereocenters. The highest BCUT2D eigenvalue weighted by atomic mass is 16.6. The van der Waals surface area contributed by atoms with Crippen molar-refractivity contribution in [2.45, 2.75) is 43.9 Å². The lowest BCUT2D eigenvalue weighted by Crippen LogP contribution is -2.43. The standard InChI is InChI=1S/C20H25N3O4/c1-23-18(24)7-5-15(22-23)19(25)21-13-20(8-2-3-9-20)14-4-6-16-17(12-14)27-11-10-26-16/h4,6,12H,2-3,5,7-11,13H2,1H3,(H,21,25). The molecule has 1 fully saturated rings. The summed E-state index contributed by atoms with van der Waals surface area (Å²) in [5, 5.41) is 8.44. The Hall–Kier alpha value is -2.57. The fourth-order valence-corrected chi connectivity index (χ4v) is 4.18. The molecular formula is C20H25N3O4. The summed E-state index contributed by atoms with van der Waals surface area (Å²) in [6.07, 6.45) is 5.06. The fourth-order valence-electron chi connectivity index (χ4n) is 4.18. The lowest BCUT2D eigenvalue weighted by Gasteiger charge is -2.31. The van der Waals surface area contributed by atoms with E-state index in [1.54, 1.807) is 7.05 Å². The van der Waals surface area contributed by atoms with E-state index >= 15 is 0 Å². The van der Waals surface area contributed by atoms with Crippen LogP contribution >= 0.6 is 0 Å². The van der Waals surface area contributed by atoms with E-state index in [0.717, 1.165) is 37.2 Å². The summed E-state index contributed by atoms with van der Waals surface area (Å²) >= 11 is 0. The van der Waals surface area contributed by atoms with Crippen molar-refractivity contribution in [3.05, 3.63) is 23.8 Å². The zero-order valence-corrected chi connectivity index (χ0v) is 15.6. The first kappa shape index (κ1) is 17.8. The summed E-state index contributed by atoms with van der Waals surface area (Å²) < 4.78 is 11.4. The van der Waals surface area contributed by atoms with Crippen LogP contribution in [0.25, 0.3) is 0 Å². The minimum Gasteiger partial charge on any atom is -0.486 e. The molecule has 144 valence electrons. The summed E-state index contributed by atoms with van der Waals surface area (Å²) in [5.74, 6) is 1.33. The maximum Gasteiger partial charge on any atom is 0.267 e. The van der Waals surface area contributed by atoms with Crippen LogP contribution in [0.5, 0.6) is 11.5 Å². The Bertz CT molecular complexity index is 783. The van der Waals surface area contributed by atoms with Crippen molar-refractivity contribution in [3.63, 3.8) is 0 Å². The minimum atomic E-state index is -0.182. The van der Waals surface area contributed by atoms with Gasteiger partial charge in [-0.1, -0.05) is 18.9 Å². The number of benzene rings is 1. The van der Waals surface area contributed by atoms with Crippen molar-refractivity contribution in [1.82, 2.24) is 10.3 Å². The van der Waals surface area contributed by atoms with Crippen LogP contribution in [-0.4, -0.2) is 49.3 Å². The average Bonchev–Trinajstić information content (AvgIpc) is 3.18. The predicted molar refractivity (Wildman–Crippen MR) is 100 cm³/mol. The highest BCUT2D eigenvalue weighted by molar-refractivity contribution is 6.39. The molecule has 0 spiro atoms. The number of carbonyl (C=O) groups excluding carboxylic acids is 2. The molecule has 2 aliphatic heterocycles. The van der Waals surface area contributed by atoms with Crippen molar-refractivity contribution < 1.29 is 19.1 Å². The third-order valence-corrected chi connectivity index (χ3v) is 5.77. The fraction of sp³-hybridized carbons (Fsp3) is 0.550. The molecule has 0 bridgehead atoms. The summed E-state index contributed by atoms with van der Waals surface area (Å²) in [5.41, 5.74) is 1.51. The molecule has 7 nitrogen and oxygen atoms in total. The van der Waals surface area contributed by atoms with Gasteiger partial charge in [-0.25, -0.2) is 5.01 Å². The Morgan fingerprint density at radius 2 is 1.93 bits per heavy atom. The van der Waals surface area contributed by atoms with Crippen molar-refractivity contribution in [2.75, 3.05) is 26.8 Å². The van der Waals surface area contributed by atoms with Gasteiger partial charge < -0.3 is 14.8 Å². The molecule has 1 aromatic rings. The van der Waals surface area contributed by atoms with Gasteiger partial charge in [-0.15, -0.1) is 0 Å². The van der Waals surface area contributed by atoms with Gasteiger partial charge in [0.1, 0.15) is 18.9 Å². The average molecular weight is 371 g/mol. The first-order valence-corrected chi connectivity index (χ1v) is 9.60. The van der Waals surface area contributed by atoms with Crippen LogP contribution in [0.4, 0.5) is 0 Å². The van der Waals surface area contributed by atoms with Crippen LogP contribution < -0.4 is 14.8 Å². The molecule has 7 heteroatoms. The highest BCUT2D eigenvalue weighted by Crippen LogP contribution is 2.43. The van der Waals surface area contributed by atoms with Gasteiger partial charge in [0, 0.05) is 31.8 Å². The van der Waals surface area contributed by atoms with E-state index in [1.807, 2.05) is 6.07 Å². The van der Waals surface area contributed by atoms with Gasteiger partial charge in [-0.2, -0.15) is 5.10 Å². The van der Waals surface area contributed by atoms with Gasteiger partial charge in [-0.05, 0) is 30.5 Å². The van der Waals surface area contributed by atoms with Gasteiger partial charge in [-0.3, -0.25) is 9.59 Å². The van der Waals surface area contributed by atoms with Crippen molar-refractivity contribution in [3.8, 4) is 11.5 Å². The van der Waals surface area contributed by atoms with Crippen LogP contribution in [-0.2, 0) is 15.0 Å². The second-order valence-corrected chi connectivity index (χ2v) is 7.49. The normalized spacial score (nSPS) is 21.0. The second kappa shape index (κ2) is 7.21. The predicted octanol–water partition coefficient (Wildman–Crippen LogP) is 1.99. The molecule has 27 heavy (non-hydrogen) atoms. The van der Waals surface area contributed by atoms with Crippen molar-refractivity contribution in [1.29, 1.82) is 0 Å². The van der Waals surface area contributed by atoms with E-state index in [0.29, 0.717) is 38.3 Å². The number of nitrogens with one attached hydrogen (secondary N) is 1. The minimum absolute atomic E-state index is 0.0601. The zero-order valence-electron chi connectivity index (χ0n) is 15.6. The van der Waals surface area contributed by atoms with Crippen LogP contribution in [0.3, 0.4) is 0 Å². The van der Waals surface area contributed by atoms with Gasteiger partial charge in [0.25, 0.3) is 5.91 Å². The van der Waals surface area contributed by atoms with Gasteiger partial charge in [0.2, 0.25) is 5.91 Å². The largest absolute Gasteiger partial charge is 0.486 e. The molecule has 1 N–H and O–H groups in total. The van der Waals surface area contributed by atoms with E-state index in [9.17, 15) is 9.59 Å². The molecule has 2 amide bonds. The first-order chi connectivity index (χ1) is 13.1. The molecule has 0 radical (unpaired) electrons. The molecule has 1 saturated carbocycles. The molecule has 0 saturated heterocycles. The number of carbonyl (C=O) groups is 2. The number of nitrogens with zero attached hydrogens (tertiary/aromatic N) is 2. The number of hydrazone groups is 1. The number of hydrogen-bond donors (Lipinski definition) is 1. The van der Waals surface area contributed by atoms with Crippen LogP contribution in [0, 0.1) is 0 Å². The van der Waals surface area contributed by atoms with E-state index in [4.69, 9.17) is 9.47 Å². The number of hydrogen-bond acceptors (Lipinski definition) is 5. The lowest BCUT2D eigenvalue weighted by atomic mass is 9.78. The quantitative estimate of drug-likeness (QED) is 0.878. The zero-order chi connectivity index (χ0) is 18.9. The van der Waals surface area contributed by atoms with Gasteiger partial charge >= 0.3 is 0 Å². The summed E-state index contributed by atoms with van der Waals surface area (Å²) in [6.45, 7) is 1.70. The SMILES string of the molecule is CN1N=C(C(=O)NCC2(c3ccc4c(c3)OCCO4)CCCC2)CCC1=O. The third-order valence-electron chi connectivity index (χ3n) is 5.77. The molecular weight excluding hydrogens is 346 g/mol. The Labute approximate surface area is 158 Å². The monoisotopic (exact) mass is 371 g/mol. The maximum atomic E-state index is 12.6. The molecule has 3 aliphatic rings. The number of fused-ring (bicyclic) bond motifs is 1. The molecule has 0 unspecified atom stereocenters. The number of amides is 2. The Kier molecular flexibility index (Phi) is 4.76. The van der Waals surface area contributed by atoms with Crippen molar-refractivity contribution in [2.24, 2.45) is 5.10 Å². The Balaban J connectivity index is 1.50. The first-order valence-electron chi connectivity index (χ1n) is 9.60. The van der Waals surface area contributed by atoms with Gasteiger partial charge in [0.05, 0.1) is 0 Å². The van der Waals surface area contributed by atoms with Gasteiger partial charge in [0.15, 0.2) is 11.5 Å². The summed E-state index contributed by atoms with van der Waals surface area (Å²) in [7, 11) is 1.59. The molecule has 0 aromatic heterocycles. The molecule has 1 aliphatic carbocycles. The maximum absolute atomic E-state index is 12.6. The smallest absolute Gasteiger partial charge is 0.267 e. The van der Waals surface area contributed by atoms with Crippen molar-refractivity contribution >= 4 is 17.5 Å². The van der Waals surface area contributed by atoms with Crippen LogP contribution in [0.2, 0.25) is 0 Å². The number of rotatable bonds is 4. The Morgan fingerprint density at radius 1 is 1.19 bits per heavy atom. The van der Waals surface area contributed by atoms with E-state index in [-0.39, 0.29) is 17.2 Å². The van der Waals surface area contributed by atoms with E-state index in [1.165, 1.54) is 10.6 Å². The van der Waals surface area contributed by atoms with E-state index in [2.05, 4.69) is 22.6 Å². The van der Waals surface area contributed by atoms with Crippen LogP contribution in [0.15, 0.2) is 23.3 Å². The second-order valence-electron chi connectivity index (χ2n) is 7.49. The van der Waals surface area contributed by atoms with E-state index < -0.39 is 0 Å². The molecule has 2 heterocycles. The lowest BCUT2D eigenvalue weighted by molar-refractivity contribution is -0.130. The topological polar surface area (TPSA) is 80.2 Å². The molecule has 4 rings (SSSR count). The summed E-state index contributed by atoms with van der Waals surface area (Å²) in [6, 6.07) is 6.13. The Morgan fingerprint density at radius 3 is 2.67 bits per heavy atom. The number of ether oxygens (including phenoxy) is 2. The van der Waals surface area contributed by atoms with Crippen LogP contribution in [0.1, 0.15) is 44.1 Å². The summed E-state index contributed by atoms with van der Waals surface area (Å²) in [4.78, 5) is 24.1. The third kappa shape index (κ3) is 3.50. The molecule has 1 aromatic carbocycles.